The normalized spacial score (nSPS) is 18.7. The Hall–Kier alpha value is -2.68. The second kappa shape index (κ2) is 5.53. The van der Waals surface area contributed by atoms with Crippen LogP contribution < -0.4 is 10.2 Å². The van der Waals surface area contributed by atoms with Gasteiger partial charge in [-0.1, -0.05) is 19.4 Å². The third kappa shape index (κ3) is 2.38. The van der Waals surface area contributed by atoms with Gasteiger partial charge < -0.3 is 0 Å². The zero-order valence-corrected chi connectivity index (χ0v) is 10.9. The number of benzene rings is 1. The minimum Gasteiger partial charge on any atom is -0.277 e. The molecule has 1 unspecified atom stereocenters. The Labute approximate surface area is 116 Å². The molecule has 4 amide bonds. The fraction of sp³-hybridized carbons (Fsp3) is 0.286. The summed E-state index contributed by atoms with van der Waals surface area (Å²) in [5.74, 6) is -1.96. The summed E-state index contributed by atoms with van der Waals surface area (Å²) in [6, 6.07) is 7.32. The van der Waals surface area contributed by atoms with Crippen molar-refractivity contribution in [3.05, 3.63) is 29.8 Å². The van der Waals surface area contributed by atoms with Gasteiger partial charge in [0.2, 0.25) is 11.8 Å². The number of imide groups is 2. The van der Waals surface area contributed by atoms with Crippen molar-refractivity contribution in [2.24, 2.45) is 5.92 Å². The summed E-state index contributed by atoms with van der Waals surface area (Å²) >= 11 is 0. The van der Waals surface area contributed by atoms with Crippen LogP contribution in [-0.2, 0) is 9.59 Å². The highest BCUT2D eigenvalue weighted by atomic mass is 16.2. The van der Waals surface area contributed by atoms with Crippen molar-refractivity contribution in [1.82, 2.24) is 5.32 Å². The Kier molecular flexibility index (Phi) is 3.80. The summed E-state index contributed by atoms with van der Waals surface area (Å²) < 4.78 is 0. The van der Waals surface area contributed by atoms with Gasteiger partial charge in [0, 0.05) is 0 Å². The van der Waals surface area contributed by atoms with Crippen molar-refractivity contribution < 1.29 is 14.4 Å². The van der Waals surface area contributed by atoms with Crippen LogP contribution in [0.5, 0.6) is 0 Å². The van der Waals surface area contributed by atoms with Crippen LogP contribution in [0.1, 0.15) is 25.3 Å². The van der Waals surface area contributed by atoms with Gasteiger partial charge in [-0.3, -0.25) is 14.9 Å². The second-order valence-electron chi connectivity index (χ2n) is 4.47. The predicted molar refractivity (Wildman–Crippen MR) is 70.6 cm³/mol. The summed E-state index contributed by atoms with van der Waals surface area (Å²) in [5, 5.41) is 11.0. The Morgan fingerprint density at radius 1 is 1.35 bits per heavy atom. The van der Waals surface area contributed by atoms with E-state index in [1.165, 1.54) is 6.07 Å². The lowest BCUT2D eigenvalue weighted by atomic mass is 9.98. The molecular weight excluding hydrogens is 258 g/mol. The lowest BCUT2D eigenvalue weighted by Gasteiger charge is -2.30. The average Bonchev–Trinajstić information content (AvgIpc) is 2.43. The van der Waals surface area contributed by atoms with Crippen molar-refractivity contribution in [2.45, 2.75) is 19.8 Å². The predicted octanol–water partition coefficient (Wildman–Crippen LogP) is 1.56. The van der Waals surface area contributed by atoms with E-state index in [0.29, 0.717) is 24.1 Å². The molecule has 20 heavy (non-hydrogen) atoms. The standard InChI is InChI=1S/C14H13N3O3/c1-2-4-11-12(18)16-14(20)17(13(11)19)10-6-3-5-9(7-10)8-15/h3,5-7,11H,2,4H2,1H3,(H,16,18,20). The molecule has 1 atom stereocenters. The highest BCUT2D eigenvalue weighted by molar-refractivity contribution is 6.27. The number of nitrogens with zero attached hydrogens (tertiary/aromatic N) is 2. The van der Waals surface area contributed by atoms with Gasteiger partial charge in [-0.25, -0.2) is 9.69 Å². The monoisotopic (exact) mass is 271 g/mol. The molecule has 1 fully saturated rings. The number of carbonyl (C=O) groups is 3. The zero-order valence-electron chi connectivity index (χ0n) is 10.9. The minimum atomic E-state index is -0.858. The first kappa shape index (κ1) is 13.7. The first-order chi connectivity index (χ1) is 9.58. The van der Waals surface area contributed by atoms with Crippen LogP contribution >= 0.6 is 0 Å². The average molecular weight is 271 g/mol. The molecular formula is C14H13N3O3. The van der Waals surface area contributed by atoms with Crippen molar-refractivity contribution >= 4 is 23.5 Å². The van der Waals surface area contributed by atoms with E-state index in [-0.39, 0.29) is 0 Å². The fourth-order valence-corrected chi connectivity index (χ4v) is 2.12. The van der Waals surface area contributed by atoms with Gasteiger partial charge in [0.15, 0.2) is 0 Å². The molecule has 1 aliphatic heterocycles. The van der Waals surface area contributed by atoms with E-state index in [4.69, 9.17) is 5.26 Å². The lowest BCUT2D eigenvalue weighted by Crippen LogP contribution is -2.58. The van der Waals surface area contributed by atoms with E-state index in [1.54, 1.807) is 18.2 Å². The van der Waals surface area contributed by atoms with E-state index in [0.717, 1.165) is 4.90 Å². The largest absolute Gasteiger partial charge is 0.335 e. The Balaban J connectivity index is 2.38. The maximum absolute atomic E-state index is 12.3. The first-order valence-electron chi connectivity index (χ1n) is 6.27. The minimum absolute atomic E-state index is 0.292. The van der Waals surface area contributed by atoms with Crippen molar-refractivity contribution in [1.29, 1.82) is 5.26 Å². The molecule has 1 aromatic rings. The second-order valence-corrected chi connectivity index (χ2v) is 4.47. The van der Waals surface area contributed by atoms with Gasteiger partial charge in [0.05, 0.1) is 17.3 Å². The summed E-state index contributed by atoms with van der Waals surface area (Å²) in [4.78, 5) is 36.7. The molecule has 0 radical (unpaired) electrons. The molecule has 6 heteroatoms. The quantitative estimate of drug-likeness (QED) is 0.844. The van der Waals surface area contributed by atoms with E-state index in [9.17, 15) is 14.4 Å². The van der Waals surface area contributed by atoms with E-state index < -0.39 is 23.8 Å². The topological polar surface area (TPSA) is 90.3 Å². The van der Waals surface area contributed by atoms with Crippen LogP contribution in [0, 0.1) is 17.2 Å². The number of urea groups is 1. The van der Waals surface area contributed by atoms with Gasteiger partial charge in [-0.2, -0.15) is 5.26 Å². The van der Waals surface area contributed by atoms with Gasteiger partial charge in [-0.15, -0.1) is 0 Å². The maximum atomic E-state index is 12.3. The zero-order chi connectivity index (χ0) is 14.7. The van der Waals surface area contributed by atoms with Gasteiger partial charge in [0.25, 0.3) is 0 Å². The number of hydrogen-bond donors (Lipinski definition) is 1. The van der Waals surface area contributed by atoms with E-state index in [2.05, 4.69) is 5.32 Å². The molecule has 1 aliphatic rings. The smallest absolute Gasteiger partial charge is 0.277 e. The van der Waals surface area contributed by atoms with E-state index >= 15 is 0 Å². The Morgan fingerprint density at radius 3 is 2.75 bits per heavy atom. The molecule has 0 bridgehead atoms. The third-order valence-electron chi connectivity index (χ3n) is 3.08. The Bertz CT molecular complexity index is 618. The molecule has 1 N–H and O–H groups in total. The van der Waals surface area contributed by atoms with Crippen molar-refractivity contribution in [2.75, 3.05) is 4.90 Å². The summed E-state index contributed by atoms with van der Waals surface area (Å²) in [7, 11) is 0. The van der Waals surface area contributed by atoms with Gasteiger partial charge in [0.1, 0.15) is 5.92 Å². The van der Waals surface area contributed by atoms with Crippen LogP contribution in [0.15, 0.2) is 24.3 Å². The van der Waals surface area contributed by atoms with Gasteiger partial charge in [-0.05, 0) is 24.6 Å². The molecule has 0 saturated carbocycles. The SMILES string of the molecule is CCCC1C(=O)NC(=O)N(c2cccc(C#N)c2)C1=O. The molecule has 0 aliphatic carbocycles. The fourth-order valence-electron chi connectivity index (χ4n) is 2.12. The number of nitriles is 1. The van der Waals surface area contributed by atoms with Crippen LogP contribution in [0.25, 0.3) is 0 Å². The number of nitrogens with one attached hydrogen (secondary N) is 1. The highest BCUT2D eigenvalue weighted by Crippen LogP contribution is 2.23. The number of hydrogen-bond acceptors (Lipinski definition) is 4. The first-order valence-corrected chi connectivity index (χ1v) is 6.27. The maximum Gasteiger partial charge on any atom is 0.335 e. The highest BCUT2D eigenvalue weighted by Gasteiger charge is 2.40. The molecule has 6 nitrogen and oxygen atoms in total. The number of barbiturate groups is 1. The van der Waals surface area contributed by atoms with Crippen LogP contribution in [-0.4, -0.2) is 17.8 Å². The van der Waals surface area contributed by atoms with Crippen LogP contribution in [0.3, 0.4) is 0 Å². The third-order valence-corrected chi connectivity index (χ3v) is 3.08. The van der Waals surface area contributed by atoms with Crippen LogP contribution in [0.2, 0.25) is 0 Å². The van der Waals surface area contributed by atoms with Crippen molar-refractivity contribution in [3.8, 4) is 6.07 Å². The van der Waals surface area contributed by atoms with Crippen molar-refractivity contribution in [3.63, 3.8) is 0 Å². The molecule has 0 spiro atoms. The molecule has 1 heterocycles. The summed E-state index contributed by atoms with van der Waals surface area (Å²) in [6.07, 6.45) is 1.04. The molecule has 1 saturated heterocycles. The van der Waals surface area contributed by atoms with E-state index in [1.807, 2.05) is 13.0 Å². The number of rotatable bonds is 3. The number of amides is 4. The summed E-state index contributed by atoms with van der Waals surface area (Å²) in [5.41, 5.74) is 0.632. The molecule has 1 aromatic carbocycles. The Morgan fingerprint density at radius 2 is 2.10 bits per heavy atom. The number of anilines is 1. The lowest BCUT2D eigenvalue weighted by molar-refractivity contribution is -0.134. The van der Waals surface area contributed by atoms with Gasteiger partial charge >= 0.3 is 6.03 Å². The molecule has 2 rings (SSSR count). The number of carbonyl (C=O) groups excluding carboxylic acids is 3. The molecule has 0 aromatic heterocycles. The van der Waals surface area contributed by atoms with Crippen LogP contribution in [0.4, 0.5) is 10.5 Å². The molecule has 102 valence electrons. The summed E-state index contributed by atoms with van der Waals surface area (Å²) in [6.45, 7) is 1.86.